The van der Waals surface area contributed by atoms with E-state index in [1.807, 2.05) is 14.0 Å². The van der Waals surface area contributed by atoms with Crippen LogP contribution in [0.5, 0.6) is 5.75 Å². The molecule has 0 saturated carbocycles. The van der Waals surface area contributed by atoms with Crippen LogP contribution >= 0.6 is 11.3 Å². The molecule has 3 rings (SSSR count). The van der Waals surface area contributed by atoms with E-state index in [2.05, 4.69) is 10.0 Å². The minimum atomic E-state index is -3.74. The summed E-state index contributed by atoms with van der Waals surface area (Å²) in [6.45, 7) is 4.61. The Hall–Kier alpha value is -2.14. The van der Waals surface area contributed by atoms with Crippen molar-refractivity contribution in [3.63, 3.8) is 0 Å². The van der Waals surface area contributed by atoms with Crippen LogP contribution in [0, 0.1) is 5.92 Å². The highest BCUT2D eigenvalue weighted by Crippen LogP contribution is 2.31. The van der Waals surface area contributed by atoms with Gasteiger partial charge < -0.3 is 20.1 Å². The topological polar surface area (TPSA) is 108 Å². The summed E-state index contributed by atoms with van der Waals surface area (Å²) in [4.78, 5) is 14.9. The van der Waals surface area contributed by atoms with Crippen molar-refractivity contribution in [2.75, 3.05) is 31.5 Å². The van der Waals surface area contributed by atoms with E-state index in [-0.39, 0.29) is 46.0 Å². The Kier molecular flexibility index (Phi) is 7.02. The number of benzene rings is 1. The Labute approximate surface area is 180 Å². The van der Waals surface area contributed by atoms with Crippen molar-refractivity contribution in [1.82, 2.24) is 10.2 Å². The van der Waals surface area contributed by atoms with Crippen LogP contribution in [-0.4, -0.2) is 63.2 Å². The molecule has 164 valence electrons. The third-order valence-corrected chi connectivity index (χ3v) is 7.86. The molecule has 1 amide bonds. The zero-order chi connectivity index (χ0) is 21.9. The Morgan fingerprint density at radius 2 is 2.13 bits per heavy atom. The number of carbonyl (C=O) groups is 1. The first-order valence-electron chi connectivity index (χ1n) is 9.70. The van der Waals surface area contributed by atoms with Crippen molar-refractivity contribution in [3.05, 3.63) is 41.3 Å². The van der Waals surface area contributed by atoms with Crippen molar-refractivity contribution in [2.45, 2.75) is 30.2 Å². The van der Waals surface area contributed by atoms with Gasteiger partial charge >= 0.3 is 0 Å². The molecule has 0 unspecified atom stereocenters. The summed E-state index contributed by atoms with van der Waals surface area (Å²) in [5, 5.41) is 14.4. The zero-order valence-corrected chi connectivity index (χ0v) is 18.8. The summed E-state index contributed by atoms with van der Waals surface area (Å²) in [5.74, 6) is 0.111. The normalized spacial score (nSPS) is 20.7. The maximum Gasteiger partial charge on any atom is 0.271 e. The number of rotatable bonds is 7. The van der Waals surface area contributed by atoms with E-state index in [4.69, 9.17) is 4.74 Å². The summed E-state index contributed by atoms with van der Waals surface area (Å²) < 4.78 is 34.0. The molecule has 0 fully saturated rings. The van der Waals surface area contributed by atoms with E-state index < -0.39 is 10.0 Å². The van der Waals surface area contributed by atoms with Gasteiger partial charge in [0.15, 0.2) is 0 Å². The maximum atomic E-state index is 13.3. The number of nitrogens with zero attached hydrogens (tertiary/aromatic N) is 1. The molecule has 8 nitrogen and oxygen atoms in total. The zero-order valence-electron chi connectivity index (χ0n) is 17.2. The summed E-state index contributed by atoms with van der Waals surface area (Å²) in [6, 6.07) is 7.48. The number of sulfonamides is 1. The number of aliphatic hydroxyl groups is 1. The first kappa shape index (κ1) is 22.5. The lowest BCUT2D eigenvalue weighted by molar-refractivity contribution is 0.0416. The average Bonchev–Trinajstić information content (AvgIpc) is 3.26. The Morgan fingerprint density at radius 3 is 2.77 bits per heavy atom. The minimum absolute atomic E-state index is 0.0283. The summed E-state index contributed by atoms with van der Waals surface area (Å²) in [7, 11) is -1.91. The number of ether oxygens (including phenoxy) is 1. The molecule has 1 aromatic heterocycles. The molecule has 1 aliphatic heterocycles. The van der Waals surface area contributed by atoms with Gasteiger partial charge in [0, 0.05) is 24.7 Å². The third-order valence-electron chi connectivity index (χ3n) is 5.08. The van der Waals surface area contributed by atoms with Crippen LogP contribution < -0.4 is 14.8 Å². The van der Waals surface area contributed by atoms with E-state index in [9.17, 15) is 18.3 Å². The average molecular weight is 454 g/mol. The van der Waals surface area contributed by atoms with E-state index >= 15 is 0 Å². The molecule has 0 radical (unpaired) electrons. The molecule has 3 atom stereocenters. The van der Waals surface area contributed by atoms with Crippen LogP contribution in [-0.2, 0) is 10.0 Å². The molecule has 2 aromatic rings. The fourth-order valence-corrected chi connectivity index (χ4v) is 5.39. The molecule has 0 spiro atoms. The number of nitrogens with one attached hydrogen (secondary N) is 2. The Bertz CT molecular complexity index is 978. The van der Waals surface area contributed by atoms with E-state index in [1.165, 1.54) is 12.1 Å². The van der Waals surface area contributed by atoms with E-state index in [1.54, 1.807) is 35.4 Å². The number of carbonyl (C=O) groups excluding carboxylic acids is 1. The highest BCUT2D eigenvalue weighted by atomic mass is 32.2. The van der Waals surface area contributed by atoms with Crippen molar-refractivity contribution >= 4 is 33.0 Å². The Morgan fingerprint density at radius 1 is 1.37 bits per heavy atom. The molecular formula is C20H27N3O5S2. The molecule has 30 heavy (non-hydrogen) atoms. The van der Waals surface area contributed by atoms with Gasteiger partial charge in [-0.2, -0.15) is 0 Å². The monoisotopic (exact) mass is 453 g/mol. The molecule has 0 saturated heterocycles. The van der Waals surface area contributed by atoms with Gasteiger partial charge in [-0.15, -0.1) is 11.3 Å². The minimum Gasteiger partial charge on any atom is -0.488 e. The molecular weight excluding hydrogens is 426 g/mol. The van der Waals surface area contributed by atoms with Gasteiger partial charge in [0.25, 0.3) is 15.9 Å². The molecule has 1 aliphatic rings. The summed E-state index contributed by atoms with van der Waals surface area (Å²) >= 11 is 1.11. The molecule has 2 heterocycles. The largest absolute Gasteiger partial charge is 0.488 e. The van der Waals surface area contributed by atoms with Gasteiger partial charge in [0.2, 0.25) is 0 Å². The maximum absolute atomic E-state index is 13.3. The number of aliphatic hydroxyl groups excluding tert-OH is 1. The quantitative estimate of drug-likeness (QED) is 0.592. The van der Waals surface area contributed by atoms with Crippen LogP contribution in [0.4, 0.5) is 5.69 Å². The number of anilines is 1. The number of likely N-dealkylation sites (N-methyl/N-ethyl adjacent to an activating group) is 1. The van der Waals surface area contributed by atoms with Crippen molar-refractivity contribution in [3.8, 4) is 5.75 Å². The lowest BCUT2D eigenvalue weighted by atomic mass is 9.99. The number of fused-ring (bicyclic) bond motifs is 1. The van der Waals surface area contributed by atoms with Crippen molar-refractivity contribution in [2.24, 2.45) is 5.92 Å². The smallest absolute Gasteiger partial charge is 0.271 e. The van der Waals surface area contributed by atoms with E-state index in [0.717, 1.165) is 11.3 Å². The first-order chi connectivity index (χ1) is 14.3. The molecule has 10 heteroatoms. The number of thiophene rings is 1. The third kappa shape index (κ3) is 4.77. The highest BCUT2D eigenvalue weighted by Gasteiger charge is 2.33. The second kappa shape index (κ2) is 9.34. The van der Waals surface area contributed by atoms with Crippen LogP contribution in [0.15, 0.2) is 39.9 Å². The van der Waals surface area contributed by atoms with Crippen LogP contribution in [0.2, 0.25) is 0 Å². The van der Waals surface area contributed by atoms with Crippen molar-refractivity contribution in [1.29, 1.82) is 0 Å². The fourth-order valence-electron chi connectivity index (χ4n) is 3.35. The van der Waals surface area contributed by atoms with Gasteiger partial charge in [-0.1, -0.05) is 13.0 Å². The van der Waals surface area contributed by atoms with Crippen LogP contribution in [0.25, 0.3) is 0 Å². The second-order valence-corrected chi connectivity index (χ2v) is 10.3. The van der Waals surface area contributed by atoms with Crippen LogP contribution in [0.3, 0.4) is 0 Å². The van der Waals surface area contributed by atoms with Crippen LogP contribution in [0.1, 0.15) is 24.2 Å². The predicted octanol–water partition coefficient (Wildman–Crippen LogP) is 1.99. The molecule has 0 aliphatic carbocycles. The molecule has 1 aromatic carbocycles. The van der Waals surface area contributed by atoms with Crippen molar-refractivity contribution < 1.29 is 23.1 Å². The highest BCUT2D eigenvalue weighted by molar-refractivity contribution is 7.94. The van der Waals surface area contributed by atoms with Gasteiger partial charge in [0.1, 0.15) is 16.1 Å². The number of hydrogen-bond acceptors (Lipinski definition) is 7. The first-order valence-corrected chi connectivity index (χ1v) is 12.1. The molecule has 0 bridgehead atoms. The van der Waals surface area contributed by atoms with E-state index in [0.29, 0.717) is 18.8 Å². The standard InChI is InChI=1S/C20H27N3O5S2/c1-13-11-23(14(2)12-24)20(25)16-9-15(6-7-17(16)28-18(13)10-21-3)22-30(26,27)19-5-4-8-29-19/h4-9,13-14,18,21-22,24H,10-12H2,1-3H3/t13-,14+,18+/m0/s1. The SMILES string of the molecule is CNC[C@H]1Oc2ccc(NS(=O)(=O)c3cccs3)cc2C(=O)N([C@H](C)CO)C[C@@H]1C. The fraction of sp³-hybridized carbons (Fsp3) is 0.450. The second-order valence-electron chi connectivity index (χ2n) is 7.43. The van der Waals surface area contributed by atoms with Gasteiger partial charge in [-0.25, -0.2) is 8.42 Å². The Balaban J connectivity index is 2.00. The molecule has 3 N–H and O–H groups in total. The summed E-state index contributed by atoms with van der Waals surface area (Å²) in [5.41, 5.74) is 0.532. The lowest BCUT2D eigenvalue weighted by Crippen LogP contribution is -2.49. The lowest BCUT2D eigenvalue weighted by Gasteiger charge is -2.37. The van der Waals surface area contributed by atoms with Gasteiger partial charge in [-0.3, -0.25) is 9.52 Å². The van der Waals surface area contributed by atoms with Gasteiger partial charge in [0.05, 0.1) is 18.2 Å². The number of hydrogen-bond donors (Lipinski definition) is 3. The summed E-state index contributed by atoms with van der Waals surface area (Å²) in [6.07, 6.45) is -0.191. The number of amides is 1. The van der Waals surface area contributed by atoms with Gasteiger partial charge in [-0.05, 0) is 43.6 Å². The predicted molar refractivity (Wildman–Crippen MR) is 117 cm³/mol.